The lowest BCUT2D eigenvalue weighted by molar-refractivity contribution is 0.0688. The molecular weight excluding hydrogens is 354 g/mol. The van der Waals surface area contributed by atoms with Crippen molar-refractivity contribution in [3.05, 3.63) is 40.8 Å². The van der Waals surface area contributed by atoms with Crippen LogP contribution in [0.2, 0.25) is 0 Å². The van der Waals surface area contributed by atoms with E-state index in [0.717, 1.165) is 68.5 Å². The van der Waals surface area contributed by atoms with E-state index in [2.05, 4.69) is 10.1 Å². The van der Waals surface area contributed by atoms with Gasteiger partial charge in [0.05, 0.1) is 0 Å². The molecule has 6 nitrogen and oxygen atoms in total. The summed E-state index contributed by atoms with van der Waals surface area (Å²) in [6.07, 6.45) is 9.69. The molecule has 2 aromatic rings. The molecule has 2 unspecified atom stereocenters. The summed E-state index contributed by atoms with van der Waals surface area (Å²) < 4.78 is 8.11. The van der Waals surface area contributed by atoms with Crippen LogP contribution in [0, 0.1) is 18.8 Å². The number of carboxylic acid groups (broad SMARTS) is 1. The van der Waals surface area contributed by atoms with Gasteiger partial charge in [-0.1, -0.05) is 6.07 Å². The molecule has 0 bridgehead atoms. The van der Waals surface area contributed by atoms with Gasteiger partial charge in [0.1, 0.15) is 6.10 Å². The van der Waals surface area contributed by atoms with Crippen LogP contribution in [0.5, 0.6) is 5.88 Å². The van der Waals surface area contributed by atoms with Gasteiger partial charge in [-0.15, -0.1) is 0 Å². The third-order valence-electron chi connectivity index (χ3n) is 6.83. The molecule has 2 saturated carbocycles. The van der Waals surface area contributed by atoms with Crippen LogP contribution in [0.4, 0.5) is 0 Å². The average Bonchev–Trinajstić information content (AvgIpc) is 3.20. The first kappa shape index (κ1) is 17.7. The molecule has 6 heteroatoms. The summed E-state index contributed by atoms with van der Waals surface area (Å²) in [6, 6.07) is 3.97. The summed E-state index contributed by atoms with van der Waals surface area (Å²) in [5, 5.41) is 13.9. The standard InChI is InChI=1S/C22H27N3O3/c1-13-3-2-9-23-21(13)28-16-6-4-14(5-7-16)8-10-25-18-12-15-11-17(15)19(18)20(24-25)22(26)27/h2-3,9,14-17H,4-8,10-12H2,1H3,(H,26,27). The second-order valence-corrected chi connectivity index (χ2v) is 8.72. The van der Waals surface area contributed by atoms with Gasteiger partial charge >= 0.3 is 5.97 Å². The first-order valence-electron chi connectivity index (χ1n) is 10.5. The van der Waals surface area contributed by atoms with E-state index in [-0.39, 0.29) is 6.10 Å². The summed E-state index contributed by atoms with van der Waals surface area (Å²) in [4.78, 5) is 15.9. The first-order chi connectivity index (χ1) is 13.6. The number of rotatable bonds is 6. The van der Waals surface area contributed by atoms with E-state index >= 15 is 0 Å². The molecular formula is C22H27N3O3. The number of aryl methyl sites for hydroxylation is 2. The van der Waals surface area contributed by atoms with Gasteiger partial charge in [-0.25, -0.2) is 9.78 Å². The fourth-order valence-corrected chi connectivity index (χ4v) is 5.13. The zero-order chi connectivity index (χ0) is 19.3. The van der Waals surface area contributed by atoms with E-state index in [1.54, 1.807) is 6.20 Å². The van der Waals surface area contributed by atoms with E-state index in [0.29, 0.717) is 23.4 Å². The summed E-state index contributed by atoms with van der Waals surface area (Å²) in [6.45, 7) is 2.87. The molecule has 1 N–H and O–H groups in total. The number of fused-ring (bicyclic) bond motifs is 3. The lowest BCUT2D eigenvalue weighted by Gasteiger charge is -2.29. The fourth-order valence-electron chi connectivity index (χ4n) is 5.13. The molecule has 0 amide bonds. The Hall–Kier alpha value is -2.37. The van der Waals surface area contributed by atoms with Crippen molar-refractivity contribution < 1.29 is 14.6 Å². The van der Waals surface area contributed by atoms with Crippen LogP contribution >= 0.6 is 0 Å². The highest BCUT2D eigenvalue weighted by Crippen LogP contribution is 2.57. The van der Waals surface area contributed by atoms with Gasteiger partial charge in [0, 0.05) is 29.6 Å². The van der Waals surface area contributed by atoms with Crippen molar-refractivity contribution in [2.45, 2.75) is 70.4 Å². The van der Waals surface area contributed by atoms with Crippen LogP contribution in [0.25, 0.3) is 0 Å². The largest absolute Gasteiger partial charge is 0.476 e. The molecule has 3 aliphatic carbocycles. The van der Waals surface area contributed by atoms with Crippen molar-refractivity contribution in [2.24, 2.45) is 11.8 Å². The van der Waals surface area contributed by atoms with Crippen molar-refractivity contribution in [3.8, 4) is 5.88 Å². The Bertz CT molecular complexity index is 898. The minimum absolute atomic E-state index is 0.254. The number of pyridine rings is 1. The van der Waals surface area contributed by atoms with Crippen LogP contribution < -0.4 is 4.74 Å². The van der Waals surface area contributed by atoms with Gasteiger partial charge in [-0.05, 0) is 75.7 Å². The van der Waals surface area contributed by atoms with Crippen molar-refractivity contribution in [1.82, 2.24) is 14.8 Å². The molecule has 2 heterocycles. The second kappa shape index (κ2) is 6.90. The lowest BCUT2D eigenvalue weighted by atomic mass is 9.85. The Morgan fingerprint density at radius 1 is 1.32 bits per heavy atom. The Kier molecular flexibility index (Phi) is 4.37. The smallest absolute Gasteiger partial charge is 0.356 e. The van der Waals surface area contributed by atoms with Gasteiger partial charge in [-0.2, -0.15) is 5.10 Å². The highest BCUT2D eigenvalue weighted by molar-refractivity contribution is 5.88. The van der Waals surface area contributed by atoms with Crippen molar-refractivity contribution >= 4 is 5.97 Å². The molecule has 5 rings (SSSR count). The number of carboxylic acids is 1. The fraction of sp³-hybridized carbons (Fsp3) is 0.591. The Morgan fingerprint density at radius 2 is 2.14 bits per heavy atom. The van der Waals surface area contributed by atoms with E-state index < -0.39 is 5.97 Å². The maximum absolute atomic E-state index is 11.6. The molecule has 2 aromatic heterocycles. The number of hydrogen-bond acceptors (Lipinski definition) is 4. The summed E-state index contributed by atoms with van der Waals surface area (Å²) in [5.41, 5.74) is 3.63. The Morgan fingerprint density at radius 3 is 2.89 bits per heavy atom. The Labute approximate surface area is 164 Å². The summed E-state index contributed by atoms with van der Waals surface area (Å²) in [7, 11) is 0. The number of nitrogens with zero attached hydrogens (tertiary/aromatic N) is 3. The predicted octanol–water partition coefficient (Wildman–Crippen LogP) is 3.97. The van der Waals surface area contributed by atoms with Gasteiger partial charge < -0.3 is 9.84 Å². The molecule has 2 atom stereocenters. The highest BCUT2D eigenvalue weighted by atomic mass is 16.5. The van der Waals surface area contributed by atoms with Crippen molar-refractivity contribution in [1.29, 1.82) is 0 Å². The SMILES string of the molecule is Cc1cccnc1OC1CCC(CCn2nc(C(=O)O)c3c2CC2CC32)CC1. The monoisotopic (exact) mass is 381 g/mol. The minimum Gasteiger partial charge on any atom is -0.476 e. The maximum atomic E-state index is 11.6. The topological polar surface area (TPSA) is 77.2 Å². The van der Waals surface area contributed by atoms with Gasteiger partial charge in [0.2, 0.25) is 5.88 Å². The number of ether oxygens (including phenoxy) is 1. The molecule has 28 heavy (non-hydrogen) atoms. The summed E-state index contributed by atoms with van der Waals surface area (Å²) >= 11 is 0. The minimum atomic E-state index is -0.870. The quantitative estimate of drug-likeness (QED) is 0.819. The van der Waals surface area contributed by atoms with E-state index in [4.69, 9.17) is 4.74 Å². The lowest BCUT2D eigenvalue weighted by Crippen LogP contribution is -2.25. The Balaban J connectivity index is 1.16. The van der Waals surface area contributed by atoms with E-state index in [1.165, 1.54) is 5.69 Å². The van der Waals surface area contributed by atoms with E-state index in [1.807, 2.05) is 23.7 Å². The van der Waals surface area contributed by atoms with Crippen LogP contribution in [0.3, 0.4) is 0 Å². The molecule has 0 radical (unpaired) electrons. The molecule has 3 aliphatic rings. The number of aromatic nitrogens is 3. The third-order valence-corrected chi connectivity index (χ3v) is 6.83. The summed E-state index contributed by atoms with van der Waals surface area (Å²) in [5.74, 6) is 1.70. The zero-order valence-corrected chi connectivity index (χ0v) is 16.3. The molecule has 0 aliphatic heterocycles. The number of hydrogen-bond donors (Lipinski definition) is 1. The van der Waals surface area contributed by atoms with Crippen LogP contribution in [-0.4, -0.2) is 31.9 Å². The molecule has 0 saturated heterocycles. The normalized spacial score (nSPS) is 27.9. The average molecular weight is 381 g/mol. The van der Waals surface area contributed by atoms with Crippen molar-refractivity contribution in [3.63, 3.8) is 0 Å². The van der Waals surface area contributed by atoms with Crippen molar-refractivity contribution in [2.75, 3.05) is 0 Å². The second-order valence-electron chi connectivity index (χ2n) is 8.72. The third kappa shape index (κ3) is 3.19. The molecule has 0 spiro atoms. The molecule has 148 valence electrons. The zero-order valence-electron chi connectivity index (χ0n) is 16.3. The van der Waals surface area contributed by atoms with Gasteiger partial charge in [0.25, 0.3) is 0 Å². The maximum Gasteiger partial charge on any atom is 0.356 e. The number of carbonyl (C=O) groups is 1. The van der Waals surface area contributed by atoms with Gasteiger partial charge in [0.15, 0.2) is 5.69 Å². The van der Waals surface area contributed by atoms with Crippen LogP contribution in [-0.2, 0) is 13.0 Å². The highest BCUT2D eigenvalue weighted by Gasteiger charge is 2.50. The van der Waals surface area contributed by atoms with Gasteiger partial charge in [-0.3, -0.25) is 4.68 Å². The predicted molar refractivity (Wildman–Crippen MR) is 104 cm³/mol. The number of aromatic carboxylic acids is 1. The first-order valence-corrected chi connectivity index (χ1v) is 10.5. The molecule has 0 aromatic carbocycles. The molecule has 2 fully saturated rings. The van der Waals surface area contributed by atoms with E-state index in [9.17, 15) is 9.90 Å². The van der Waals surface area contributed by atoms with Crippen LogP contribution in [0.15, 0.2) is 18.3 Å². The van der Waals surface area contributed by atoms with Crippen LogP contribution in [0.1, 0.15) is 71.8 Å².